The van der Waals surface area contributed by atoms with Gasteiger partial charge in [-0.2, -0.15) is 0 Å². The maximum Gasteiger partial charge on any atom is 0.0705 e. The topological polar surface area (TPSA) is 20.2 Å². The number of thioether (sulfide) groups is 1. The van der Waals surface area contributed by atoms with Crippen LogP contribution < -0.4 is 0 Å². The van der Waals surface area contributed by atoms with E-state index in [-0.39, 0.29) is 11.4 Å². The van der Waals surface area contributed by atoms with Crippen LogP contribution in [0.3, 0.4) is 0 Å². The summed E-state index contributed by atoms with van der Waals surface area (Å²) in [5.74, 6) is 0. The Balaban J connectivity index is 1.69. The predicted molar refractivity (Wildman–Crippen MR) is 85.4 cm³/mol. The quantitative estimate of drug-likeness (QED) is 0.921. The number of benzene rings is 2. The first-order valence-electron chi connectivity index (χ1n) is 7.12. The van der Waals surface area contributed by atoms with Crippen LogP contribution in [-0.2, 0) is 12.8 Å². The van der Waals surface area contributed by atoms with Crippen LogP contribution in [-0.4, -0.2) is 16.5 Å². The smallest absolute Gasteiger partial charge is 0.0705 e. The van der Waals surface area contributed by atoms with Crippen molar-refractivity contribution in [3.05, 3.63) is 64.7 Å². The summed E-state index contributed by atoms with van der Waals surface area (Å²) < 4.78 is 0. The Labute approximate surface area is 125 Å². The standard InChI is InChI=1S/C18H20OS/c1-12-7-8-14(9-13(12)2)10-16(19)18-11-15-5-3-4-6-17(15)20-18/h3-9,16,18-19H,10-11H2,1-2H3. The predicted octanol–water partition coefficient (Wildman–Crippen LogP) is 3.92. The van der Waals surface area contributed by atoms with E-state index in [1.54, 1.807) is 0 Å². The molecule has 0 saturated heterocycles. The molecule has 0 bridgehead atoms. The fourth-order valence-electron chi connectivity index (χ4n) is 2.73. The molecule has 104 valence electrons. The van der Waals surface area contributed by atoms with Gasteiger partial charge in [-0.15, -0.1) is 11.8 Å². The number of hydrogen-bond donors (Lipinski definition) is 1. The van der Waals surface area contributed by atoms with Crippen molar-refractivity contribution in [2.75, 3.05) is 0 Å². The second-order valence-electron chi connectivity index (χ2n) is 5.66. The molecule has 3 rings (SSSR count). The fourth-order valence-corrected chi connectivity index (χ4v) is 4.03. The van der Waals surface area contributed by atoms with Gasteiger partial charge in [-0.1, -0.05) is 36.4 Å². The molecule has 2 aromatic rings. The normalized spacial score (nSPS) is 18.9. The minimum Gasteiger partial charge on any atom is -0.392 e. The molecule has 1 aliphatic heterocycles. The summed E-state index contributed by atoms with van der Waals surface area (Å²) in [6.45, 7) is 4.25. The Kier molecular flexibility index (Phi) is 3.86. The molecular weight excluding hydrogens is 264 g/mol. The lowest BCUT2D eigenvalue weighted by Crippen LogP contribution is -2.25. The maximum atomic E-state index is 10.5. The van der Waals surface area contributed by atoms with Gasteiger partial charge in [0.25, 0.3) is 0 Å². The van der Waals surface area contributed by atoms with Crippen molar-refractivity contribution in [1.29, 1.82) is 0 Å². The van der Waals surface area contributed by atoms with E-state index in [1.807, 2.05) is 11.8 Å². The SMILES string of the molecule is Cc1ccc(CC(O)C2Cc3ccccc3S2)cc1C. The molecule has 2 atom stereocenters. The van der Waals surface area contributed by atoms with Crippen LogP contribution >= 0.6 is 11.8 Å². The van der Waals surface area contributed by atoms with E-state index in [0.29, 0.717) is 0 Å². The van der Waals surface area contributed by atoms with Gasteiger partial charge in [-0.05, 0) is 55.0 Å². The van der Waals surface area contributed by atoms with Gasteiger partial charge in [-0.3, -0.25) is 0 Å². The van der Waals surface area contributed by atoms with Crippen molar-refractivity contribution in [3.63, 3.8) is 0 Å². The van der Waals surface area contributed by atoms with Crippen molar-refractivity contribution in [2.24, 2.45) is 0 Å². The molecule has 2 heteroatoms. The second kappa shape index (κ2) is 5.63. The first kappa shape index (κ1) is 13.7. The lowest BCUT2D eigenvalue weighted by molar-refractivity contribution is 0.172. The van der Waals surface area contributed by atoms with Gasteiger partial charge in [-0.25, -0.2) is 0 Å². The third-order valence-electron chi connectivity index (χ3n) is 4.12. The fraction of sp³-hybridized carbons (Fsp3) is 0.333. The van der Waals surface area contributed by atoms with E-state index in [9.17, 15) is 5.11 Å². The Morgan fingerprint density at radius 2 is 1.95 bits per heavy atom. The maximum absolute atomic E-state index is 10.5. The van der Waals surface area contributed by atoms with Crippen LogP contribution in [0.2, 0.25) is 0 Å². The highest BCUT2D eigenvalue weighted by atomic mass is 32.2. The highest BCUT2D eigenvalue weighted by molar-refractivity contribution is 8.00. The molecule has 0 aliphatic carbocycles. The van der Waals surface area contributed by atoms with Gasteiger partial charge in [0.05, 0.1) is 6.10 Å². The van der Waals surface area contributed by atoms with Crippen molar-refractivity contribution in [1.82, 2.24) is 0 Å². The molecule has 0 radical (unpaired) electrons. The first-order valence-corrected chi connectivity index (χ1v) is 8.00. The molecule has 0 aromatic heterocycles. The lowest BCUT2D eigenvalue weighted by atomic mass is 9.98. The summed E-state index contributed by atoms with van der Waals surface area (Å²) in [5, 5.41) is 10.8. The summed E-state index contributed by atoms with van der Waals surface area (Å²) in [6.07, 6.45) is 1.44. The summed E-state index contributed by atoms with van der Waals surface area (Å²) >= 11 is 1.82. The Hall–Kier alpha value is -1.25. The molecule has 0 spiro atoms. The second-order valence-corrected chi connectivity index (χ2v) is 6.94. The summed E-state index contributed by atoms with van der Waals surface area (Å²) in [4.78, 5) is 1.33. The molecule has 20 heavy (non-hydrogen) atoms. The Morgan fingerprint density at radius 3 is 2.70 bits per heavy atom. The number of aliphatic hydroxyl groups excluding tert-OH is 1. The van der Waals surface area contributed by atoms with E-state index in [1.165, 1.54) is 27.1 Å². The molecule has 2 unspecified atom stereocenters. The summed E-state index contributed by atoms with van der Waals surface area (Å²) in [6, 6.07) is 15.0. The van der Waals surface area contributed by atoms with Crippen LogP contribution in [0.4, 0.5) is 0 Å². The summed E-state index contributed by atoms with van der Waals surface area (Å²) in [7, 11) is 0. The minimum absolute atomic E-state index is 0.283. The molecule has 0 fully saturated rings. The van der Waals surface area contributed by atoms with Crippen molar-refractivity contribution in [3.8, 4) is 0 Å². The van der Waals surface area contributed by atoms with Gasteiger partial charge >= 0.3 is 0 Å². The van der Waals surface area contributed by atoms with Crippen molar-refractivity contribution in [2.45, 2.75) is 42.9 Å². The zero-order valence-electron chi connectivity index (χ0n) is 12.0. The molecule has 1 N–H and O–H groups in total. The van der Waals surface area contributed by atoms with Crippen LogP contribution in [0.25, 0.3) is 0 Å². The average molecular weight is 284 g/mol. The van der Waals surface area contributed by atoms with Gasteiger partial charge in [0.15, 0.2) is 0 Å². The number of aliphatic hydroxyl groups is 1. The van der Waals surface area contributed by atoms with Crippen LogP contribution in [0.1, 0.15) is 22.3 Å². The van der Waals surface area contributed by atoms with E-state index in [2.05, 4.69) is 56.3 Å². The highest BCUT2D eigenvalue weighted by Gasteiger charge is 2.28. The van der Waals surface area contributed by atoms with E-state index < -0.39 is 0 Å². The highest BCUT2D eigenvalue weighted by Crippen LogP contribution is 2.38. The molecule has 1 nitrogen and oxygen atoms in total. The van der Waals surface area contributed by atoms with E-state index in [0.717, 1.165) is 12.8 Å². The zero-order valence-corrected chi connectivity index (χ0v) is 12.8. The number of aryl methyl sites for hydroxylation is 2. The number of rotatable bonds is 3. The molecule has 0 amide bonds. The van der Waals surface area contributed by atoms with Crippen molar-refractivity contribution >= 4 is 11.8 Å². The monoisotopic (exact) mass is 284 g/mol. The largest absolute Gasteiger partial charge is 0.392 e. The number of fused-ring (bicyclic) bond motifs is 1. The molecule has 1 heterocycles. The summed E-state index contributed by atoms with van der Waals surface area (Å²) in [5.41, 5.74) is 5.22. The molecule has 2 aromatic carbocycles. The Morgan fingerprint density at radius 1 is 1.15 bits per heavy atom. The third-order valence-corrected chi connectivity index (χ3v) is 5.55. The van der Waals surface area contributed by atoms with Gasteiger partial charge in [0.1, 0.15) is 0 Å². The molecule has 0 saturated carbocycles. The van der Waals surface area contributed by atoms with Crippen LogP contribution in [0.5, 0.6) is 0 Å². The van der Waals surface area contributed by atoms with Gasteiger partial charge in [0.2, 0.25) is 0 Å². The van der Waals surface area contributed by atoms with Crippen LogP contribution in [0, 0.1) is 13.8 Å². The van der Waals surface area contributed by atoms with Gasteiger partial charge < -0.3 is 5.11 Å². The average Bonchev–Trinajstić information content (AvgIpc) is 2.87. The van der Waals surface area contributed by atoms with Crippen molar-refractivity contribution < 1.29 is 5.11 Å². The van der Waals surface area contributed by atoms with E-state index in [4.69, 9.17) is 0 Å². The lowest BCUT2D eigenvalue weighted by Gasteiger charge is -2.17. The Bertz CT molecular complexity index is 596. The van der Waals surface area contributed by atoms with Gasteiger partial charge in [0, 0.05) is 10.1 Å². The number of hydrogen-bond acceptors (Lipinski definition) is 2. The van der Waals surface area contributed by atoms with E-state index >= 15 is 0 Å². The van der Waals surface area contributed by atoms with Crippen LogP contribution in [0.15, 0.2) is 47.4 Å². The minimum atomic E-state index is -0.283. The molecule has 1 aliphatic rings. The third kappa shape index (κ3) is 2.77. The first-order chi connectivity index (χ1) is 9.63. The molecular formula is C18H20OS. The zero-order chi connectivity index (χ0) is 14.1.